The van der Waals surface area contributed by atoms with Crippen molar-refractivity contribution in [3.8, 4) is 0 Å². The van der Waals surface area contributed by atoms with Crippen molar-refractivity contribution >= 4 is 34.2 Å². The summed E-state index contributed by atoms with van der Waals surface area (Å²) in [5, 5.41) is 1.57. The highest BCUT2D eigenvalue weighted by Crippen LogP contribution is 2.33. The van der Waals surface area contributed by atoms with Crippen LogP contribution in [-0.4, -0.2) is 42.6 Å². The lowest BCUT2D eigenvalue weighted by Gasteiger charge is -2.09. The van der Waals surface area contributed by atoms with Gasteiger partial charge in [0, 0.05) is 11.1 Å². The minimum atomic E-state index is -0.780. The Morgan fingerprint density at radius 2 is 1.54 bits per heavy atom. The van der Waals surface area contributed by atoms with Crippen molar-refractivity contribution in [2.45, 2.75) is 20.8 Å². The highest BCUT2D eigenvalue weighted by atomic mass is 16.5. The van der Waals surface area contributed by atoms with Crippen LogP contribution in [0.4, 0.5) is 0 Å². The van der Waals surface area contributed by atoms with Crippen LogP contribution in [0.3, 0.4) is 0 Å². The molecule has 3 rings (SSSR count). The van der Waals surface area contributed by atoms with Gasteiger partial charge in [0.2, 0.25) is 0 Å². The summed E-state index contributed by atoms with van der Waals surface area (Å²) in [5.74, 6) is -2.22. The molecule has 0 saturated heterocycles. The van der Waals surface area contributed by atoms with Gasteiger partial charge in [0.1, 0.15) is 16.8 Å². The van der Waals surface area contributed by atoms with E-state index >= 15 is 0 Å². The molecule has 146 valence electrons. The van der Waals surface area contributed by atoms with Crippen LogP contribution < -0.4 is 0 Å². The molecule has 28 heavy (non-hydrogen) atoms. The number of pyridine rings is 1. The van der Waals surface area contributed by atoms with E-state index in [0.717, 1.165) is 5.39 Å². The molecule has 7 nitrogen and oxygen atoms in total. The molecular weight excluding hydrogens is 362 g/mol. The lowest BCUT2D eigenvalue weighted by molar-refractivity contribution is 0.0472. The van der Waals surface area contributed by atoms with Gasteiger partial charge in [-0.05, 0) is 32.2 Å². The maximum Gasteiger partial charge on any atom is 0.355 e. The van der Waals surface area contributed by atoms with Crippen LogP contribution in [0.5, 0.6) is 0 Å². The van der Waals surface area contributed by atoms with Crippen molar-refractivity contribution in [2.24, 2.45) is 0 Å². The SMILES string of the molecule is CCOC(=O)c1c(C(=O)OCC)c2c3ccccc3cc(C)n2c1C(=O)OC. The van der Waals surface area contributed by atoms with Gasteiger partial charge in [-0.1, -0.05) is 24.3 Å². The number of aryl methyl sites for hydroxylation is 1. The van der Waals surface area contributed by atoms with E-state index in [9.17, 15) is 14.4 Å². The smallest absolute Gasteiger partial charge is 0.355 e. The van der Waals surface area contributed by atoms with Crippen LogP contribution in [0, 0.1) is 6.92 Å². The van der Waals surface area contributed by atoms with Gasteiger partial charge in [-0.3, -0.25) is 0 Å². The quantitative estimate of drug-likeness (QED) is 0.495. The minimum absolute atomic E-state index is 0.000556. The van der Waals surface area contributed by atoms with E-state index < -0.39 is 17.9 Å². The largest absolute Gasteiger partial charge is 0.464 e. The van der Waals surface area contributed by atoms with E-state index in [0.29, 0.717) is 16.6 Å². The summed E-state index contributed by atoms with van der Waals surface area (Å²) >= 11 is 0. The number of benzene rings is 1. The molecule has 0 spiro atoms. The third kappa shape index (κ3) is 2.98. The molecule has 0 N–H and O–H groups in total. The summed E-state index contributed by atoms with van der Waals surface area (Å²) in [4.78, 5) is 38.3. The van der Waals surface area contributed by atoms with Crippen LogP contribution in [0.15, 0.2) is 30.3 Å². The van der Waals surface area contributed by atoms with Crippen molar-refractivity contribution in [2.75, 3.05) is 20.3 Å². The van der Waals surface area contributed by atoms with Gasteiger partial charge in [0.15, 0.2) is 0 Å². The van der Waals surface area contributed by atoms with Gasteiger partial charge in [0.05, 0.1) is 25.8 Å². The van der Waals surface area contributed by atoms with Gasteiger partial charge < -0.3 is 18.6 Å². The van der Waals surface area contributed by atoms with E-state index in [1.165, 1.54) is 7.11 Å². The molecule has 3 aromatic rings. The van der Waals surface area contributed by atoms with Crippen molar-refractivity contribution in [1.29, 1.82) is 0 Å². The Labute approximate surface area is 161 Å². The van der Waals surface area contributed by atoms with Gasteiger partial charge in [0.25, 0.3) is 0 Å². The number of carbonyl (C=O) groups excluding carboxylic acids is 3. The molecule has 0 saturated carbocycles. The van der Waals surface area contributed by atoms with Gasteiger partial charge in [-0.2, -0.15) is 0 Å². The predicted molar refractivity (Wildman–Crippen MR) is 103 cm³/mol. The molecule has 0 bridgehead atoms. The van der Waals surface area contributed by atoms with Crippen molar-refractivity contribution < 1.29 is 28.6 Å². The lowest BCUT2D eigenvalue weighted by atomic mass is 10.1. The Kier molecular flexibility index (Phi) is 5.35. The van der Waals surface area contributed by atoms with Crippen LogP contribution in [0.2, 0.25) is 0 Å². The Balaban J connectivity index is 2.59. The second-order valence-corrected chi connectivity index (χ2v) is 6.09. The first kappa shape index (κ1) is 19.4. The summed E-state index contributed by atoms with van der Waals surface area (Å²) < 4.78 is 16.8. The maximum absolute atomic E-state index is 12.9. The molecule has 0 aliphatic rings. The summed E-state index contributed by atoms with van der Waals surface area (Å²) in [6.45, 7) is 5.32. The standard InChI is InChI=1S/C21H21NO6/c1-5-27-19(23)15-16(20(24)28-6-2)18(21(25)26-4)22-12(3)11-13-9-7-8-10-14(13)17(15)22/h7-11H,5-6H2,1-4H3. The fourth-order valence-electron chi connectivity index (χ4n) is 3.40. The van der Waals surface area contributed by atoms with Crippen molar-refractivity contribution in [1.82, 2.24) is 4.40 Å². The van der Waals surface area contributed by atoms with Crippen LogP contribution in [-0.2, 0) is 14.2 Å². The van der Waals surface area contributed by atoms with Crippen molar-refractivity contribution in [3.63, 3.8) is 0 Å². The average molecular weight is 383 g/mol. The van der Waals surface area contributed by atoms with Crippen LogP contribution >= 0.6 is 0 Å². The second-order valence-electron chi connectivity index (χ2n) is 6.09. The van der Waals surface area contributed by atoms with Gasteiger partial charge in [-0.25, -0.2) is 14.4 Å². The third-order valence-electron chi connectivity index (χ3n) is 4.44. The van der Waals surface area contributed by atoms with E-state index in [1.807, 2.05) is 30.3 Å². The molecule has 0 radical (unpaired) electrons. The number of hydrogen-bond acceptors (Lipinski definition) is 6. The Morgan fingerprint density at radius 1 is 0.929 bits per heavy atom. The molecule has 2 heterocycles. The third-order valence-corrected chi connectivity index (χ3v) is 4.44. The molecule has 0 amide bonds. The van der Waals surface area contributed by atoms with E-state index in [-0.39, 0.29) is 30.0 Å². The van der Waals surface area contributed by atoms with Crippen LogP contribution in [0.25, 0.3) is 16.3 Å². The van der Waals surface area contributed by atoms with E-state index in [2.05, 4.69) is 0 Å². The molecule has 0 aliphatic heterocycles. The number of ether oxygens (including phenoxy) is 3. The molecule has 0 unspecified atom stereocenters. The van der Waals surface area contributed by atoms with Gasteiger partial charge >= 0.3 is 17.9 Å². The highest BCUT2D eigenvalue weighted by molar-refractivity contribution is 6.19. The highest BCUT2D eigenvalue weighted by Gasteiger charge is 2.35. The molecule has 0 aliphatic carbocycles. The molecule has 0 fully saturated rings. The molecule has 2 aromatic heterocycles. The predicted octanol–water partition coefficient (Wildman–Crippen LogP) is 3.54. The first-order valence-corrected chi connectivity index (χ1v) is 8.95. The second kappa shape index (κ2) is 7.72. The first-order chi connectivity index (χ1) is 13.5. The number of nitrogens with zero attached hydrogens (tertiary/aromatic N) is 1. The number of carbonyl (C=O) groups is 3. The fourth-order valence-corrected chi connectivity index (χ4v) is 3.40. The van der Waals surface area contributed by atoms with E-state index in [1.54, 1.807) is 25.2 Å². The van der Waals surface area contributed by atoms with Crippen molar-refractivity contribution in [3.05, 3.63) is 52.8 Å². The first-order valence-electron chi connectivity index (χ1n) is 8.95. The molecule has 1 aromatic carbocycles. The number of fused-ring (bicyclic) bond motifs is 3. The normalized spacial score (nSPS) is 10.9. The number of methoxy groups -OCH3 is 1. The number of aromatic nitrogens is 1. The Morgan fingerprint density at radius 3 is 2.14 bits per heavy atom. The summed E-state index contributed by atoms with van der Waals surface area (Å²) in [7, 11) is 1.22. The lowest BCUT2D eigenvalue weighted by Crippen LogP contribution is -2.17. The van der Waals surface area contributed by atoms with E-state index in [4.69, 9.17) is 14.2 Å². The Bertz CT molecular complexity index is 1100. The summed E-state index contributed by atoms with van der Waals surface area (Å²) in [5.41, 5.74) is 0.877. The molecule has 7 heteroatoms. The average Bonchev–Trinajstić information content (AvgIpc) is 3.05. The van der Waals surface area contributed by atoms with Crippen LogP contribution in [0.1, 0.15) is 50.7 Å². The Hall–Kier alpha value is -3.35. The number of esters is 3. The molecule has 0 atom stereocenters. The van der Waals surface area contributed by atoms with Gasteiger partial charge in [-0.15, -0.1) is 0 Å². The summed E-state index contributed by atoms with van der Waals surface area (Å²) in [6.07, 6.45) is 0. The zero-order valence-corrected chi connectivity index (χ0v) is 16.2. The number of hydrogen-bond donors (Lipinski definition) is 0. The molecular formula is C21H21NO6. The fraction of sp³-hybridized carbons (Fsp3) is 0.286. The zero-order valence-electron chi connectivity index (χ0n) is 16.2. The topological polar surface area (TPSA) is 83.3 Å². The summed E-state index contributed by atoms with van der Waals surface area (Å²) in [6, 6.07) is 9.29. The number of rotatable bonds is 5. The maximum atomic E-state index is 12.9. The zero-order chi connectivity index (χ0) is 20.4. The monoisotopic (exact) mass is 383 g/mol. The minimum Gasteiger partial charge on any atom is -0.464 e.